The molecule has 3 rings (SSSR count). The van der Waals surface area contributed by atoms with E-state index in [9.17, 15) is 0 Å². The summed E-state index contributed by atoms with van der Waals surface area (Å²) in [5.74, 6) is 1.04. The third-order valence-electron chi connectivity index (χ3n) is 5.07. The van der Waals surface area contributed by atoms with Crippen molar-refractivity contribution in [2.75, 3.05) is 57.8 Å². The Bertz CT molecular complexity index is 282. The van der Waals surface area contributed by atoms with Gasteiger partial charge in [0.15, 0.2) is 0 Å². The molecule has 0 spiro atoms. The molecule has 1 aliphatic carbocycles. The van der Waals surface area contributed by atoms with Crippen LogP contribution in [0, 0.1) is 11.3 Å². The molecule has 1 saturated carbocycles. The van der Waals surface area contributed by atoms with Crippen molar-refractivity contribution >= 4 is 15.9 Å². The molecule has 2 saturated heterocycles. The lowest BCUT2D eigenvalue weighted by Gasteiger charge is -2.43. The van der Waals surface area contributed by atoms with E-state index in [1.807, 2.05) is 0 Å². The summed E-state index contributed by atoms with van der Waals surface area (Å²) >= 11 is 3.76. The predicted octanol–water partition coefficient (Wildman–Crippen LogP) is 2.21. The smallest absolute Gasteiger partial charge is 0.0472 e. The number of piperazine rings is 1. The summed E-state index contributed by atoms with van der Waals surface area (Å²) in [6.45, 7) is 9.63. The van der Waals surface area contributed by atoms with Gasteiger partial charge in [0.1, 0.15) is 0 Å². The van der Waals surface area contributed by atoms with E-state index in [2.05, 4.69) is 25.7 Å². The van der Waals surface area contributed by atoms with Gasteiger partial charge in [0.25, 0.3) is 0 Å². The highest BCUT2D eigenvalue weighted by Crippen LogP contribution is 2.34. The molecule has 2 heterocycles. The topological polar surface area (TPSA) is 15.7 Å². The average Bonchev–Trinajstić information content (AvgIpc) is 3.26. The predicted molar refractivity (Wildman–Crippen MR) is 81.9 cm³/mol. The molecule has 4 heteroatoms. The number of ether oxygens (including phenoxy) is 1. The van der Waals surface area contributed by atoms with E-state index in [0.29, 0.717) is 5.41 Å². The van der Waals surface area contributed by atoms with Crippen LogP contribution in [0.15, 0.2) is 0 Å². The molecule has 2 aliphatic heterocycles. The first kappa shape index (κ1) is 14.3. The summed E-state index contributed by atoms with van der Waals surface area (Å²) in [7, 11) is 0. The van der Waals surface area contributed by atoms with Crippen LogP contribution in [0.4, 0.5) is 0 Å². The number of hydrogen-bond acceptors (Lipinski definition) is 3. The summed E-state index contributed by atoms with van der Waals surface area (Å²) in [4.78, 5) is 5.37. The Labute approximate surface area is 125 Å². The lowest BCUT2D eigenvalue weighted by Crippen LogP contribution is -2.51. The highest BCUT2D eigenvalue weighted by Gasteiger charge is 2.34. The van der Waals surface area contributed by atoms with Gasteiger partial charge >= 0.3 is 0 Å². The van der Waals surface area contributed by atoms with E-state index in [1.54, 1.807) is 0 Å². The number of nitrogens with zero attached hydrogens (tertiary/aromatic N) is 2. The highest BCUT2D eigenvalue weighted by molar-refractivity contribution is 9.09. The molecule has 0 atom stereocenters. The minimum Gasteiger partial charge on any atom is -0.381 e. The Morgan fingerprint density at radius 1 is 1.00 bits per heavy atom. The molecule has 3 nitrogen and oxygen atoms in total. The normalized spacial score (nSPS) is 29.5. The summed E-state index contributed by atoms with van der Waals surface area (Å²) in [6.07, 6.45) is 5.40. The Hall–Kier alpha value is 0.360. The fourth-order valence-electron chi connectivity index (χ4n) is 3.41. The Morgan fingerprint density at radius 3 is 2.21 bits per heavy atom. The van der Waals surface area contributed by atoms with Crippen LogP contribution in [-0.2, 0) is 4.74 Å². The monoisotopic (exact) mass is 330 g/mol. The summed E-state index contributed by atoms with van der Waals surface area (Å²) in [6, 6.07) is 0. The first-order valence-corrected chi connectivity index (χ1v) is 9.00. The van der Waals surface area contributed by atoms with Crippen molar-refractivity contribution in [3.8, 4) is 0 Å². The minimum atomic E-state index is 0.469. The summed E-state index contributed by atoms with van der Waals surface area (Å²) in [5.41, 5.74) is 0.469. The maximum atomic E-state index is 5.54. The lowest BCUT2D eigenvalue weighted by molar-refractivity contribution is -0.000707. The highest BCUT2D eigenvalue weighted by atomic mass is 79.9. The number of hydrogen-bond donors (Lipinski definition) is 0. The van der Waals surface area contributed by atoms with Gasteiger partial charge in [-0.25, -0.2) is 0 Å². The molecular formula is C15H27BrN2O. The molecule has 0 unspecified atom stereocenters. The fraction of sp³-hybridized carbons (Fsp3) is 1.00. The maximum absolute atomic E-state index is 5.54. The SMILES string of the molecule is BrCC1(CN2CCN(CC3CC3)CC2)CCOCC1. The van der Waals surface area contributed by atoms with Gasteiger partial charge < -0.3 is 14.5 Å². The van der Waals surface area contributed by atoms with Gasteiger partial charge in [-0.05, 0) is 37.0 Å². The molecule has 0 bridgehead atoms. The van der Waals surface area contributed by atoms with Gasteiger partial charge in [0.05, 0.1) is 0 Å². The van der Waals surface area contributed by atoms with Crippen LogP contribution in [0.3, 0.4) is 0 Å². The van der Waals surface area contributed by atoms with Crippen LogP contribution in [0.2, 0.25) is 0 Å². The van der Waals surface area contributed by atoms with Crippen LogP contribution >= 0.6 is 15.9 Å². The van der Waals surface area contributed by atoms with Crippen molar-refractivity contribution < 1.29 is 4.74 Å². The zero-order valence-corrected chi connectivity index (χ0v) is 13.5. The lowest BCUT2D eigenvalue weighted by atomic mass is 9.81. The second-order valence-electron chi connectivity index (χ2n) is 6.77. The van der Waals surface area contributed by atoms with E-state index in [1.165, 1.54) is 65.0 Å². The number of alkyl halides is 1. The van der Waals surface area contributed by atoms with Crippen molar-refractivity contribution in [2.45, 2.75) is 25.7 Å². The van der Waals surface area contributed by atoms with Gasteiger partial charge in [-0.3, -0.25) is 0 Å². The van der Waals surface area contributed by atoms with Gasteiger partial charge in [0.2, 0.25) is 0 Å². The molecule has 0 N–H and O–H groups in total. The Morgan fingerprint density at radius 2 is 1.63 bits per heavy atom. The molecule has 110 valence electrons. The zero-order valence-electron chi connectivity index (χ0n) is 12.0. The standard InChI is InChI=1S/C15H27BrN2O/c16-12-15(3-9-19-10-4-15)13-18-7-5-17(6-8-18)11-14-1-2-14/h14H,1-13H2. The second kappa shape index (κ2) is 6.42. The average molecular weight is 331 g/mol. The Kier molecular flexibility index (Phi) is 4.83. The van der Waals surface area contributed by atoms with Gasteiger partial charge in [-0.15, -0.1) is 0 Å². The maximum Gasteiger partial charge on any atom is 0.0472 e. The van der Waals surface area contributed by atoms with E-state index in [-0.39, 0.29) is 0 Å². The first-order chi connectivity index (χ1) is 9.30. The molecule has 3 fully saturated rings. The van der Waals surface area contributed by atoms with E-state index in [4.69, 9.17) is 4.74 Å². The molecular weight excluding hydrogens is 304 g/mol. The largest absolute Gasteiger partial charge is 0.381 e. The van der Waals surface area contributed by atoms with Crippen molar-refractivity contribution in [3.05, 3.63) is 0 Å². The van der Waals surface area contributed by atoms with Crippen LogP contribution in [0.1, 0.15) is 25.7 Å². The molecule has 0 radical (unpaired) electrons. The second-order valence-corrected chi connectivity index (χ2v) is 7.33. The van der Waals surface area contributed by atoms with Crippen LogP contribution in [-0.4, -0.2) is 67.6 Å². The zero-order chi connectivity index (χ0) is 13.1. The number of halogens is 1. The van der Waals surface area contributed by atoms with Crippen molar-refractivity contribution in [1.29, 1.82) is 0 Å². The molecule has 0 aromatic rings. The molecule has 3 aliphatic rings. The summed E-state index contributed by atoms with van der Waals surface area (Å²) in [5, 5.41) is 1.13. The number of rotatable bonds is 5. The van der Waals surface area contributed by atoms with Gasteiger partial charge in [0, 0.05) is 57.8 Å². The summed E-state index contributed by atoms with van der Waals surface area (Å²) < 4.78 is 5.54. The first-order valence-electron chi connectivity index (χ1n) is 7.88. The van der Waals surface area contributed by atoms with Crippen LogP contribution in [0.25, 0.3) is 0 Å². The fourth-order valence-corrected chi connectivity index (χ4v) is 4.15. The van der Waals surface area contributed by atoms with Crippen molar-refractivity contribution in [1.82, 2.24) is 9.80 Å². The molecule has 0 aromatic carbocycles. The third-order valence-corrected chi connectivity index (χ3v) is 6.26. The van der Waals surface area contributed by atoms with Gasteiger partial charge in [-0.2, -0.15) is 0 Å². The molecule has 0 amide bonds. The van der Waals surface area contributed by atoms with E-state index < -0.39 is 0 Å². The van der Waals surface area contributed by atoms with Crippen molar-refractivity contribution in [3.63, 3.8) is 0 Å². The minimum absolute atomic E-state index is 0.469. The van der Waals surface area contributed by atoms with E-state index in [0.717, 1.165) is 24.5 Å². The third kappa shape index (κ3) is 3.93. The Balaban J connectivity index is 1.44. The quantitative estimate of drug-likeness (QED) is 0.719. The van der Waals surface area contributed by atoms with E-state index >= 15 is 0 Å². The molecule has 0 aromatic heterocycles. The van der Waals surface area contributed by atoms with Crippen LogP contribution < -0.4 is 0 Å². The van der Waals surface area contributed by atoms with Gasteiger partial charge in [-0.1, -0.05) is 15.9 Å². The van der Waals surface area contributed by atoms with Crippen LogP contribution in [0.5, 0.6) is 0 Å². The van der Waals surface area contributed by atoms with Crippen molar-refractivity contribution in [2.24, 2.45) is 11.3 Å². The molecule has 19 heavy (non-hydrogen) atoms.